The van der Waals surface area contributed by atoms with Crippen molar-refractivity contribution < 1.29 is 19.0 Å². The maximum absolute atomic E-state index is 12.4. The van der Waals surface area contributed by atoms with E-state index in [1.54, 1.807) is 18.1 Å². The highest BCUT2D eigenvalue weighted by Gasteiger charge is 2.28. The number of nitrogens with zero attached hydrogens (tertiary/aromatic N) is 2. The number of carbonyl (C=O) groups is 1. The number of amides is 1. The molecule has 2 aromatic rings. The summed E-state index contributed by atoms with van der Waals surface area (Å²) in [5.41, 5.74) is 6.86. The molecule has 0 aliphatic carbocycles. The zero-order valence-electron chi connectivity index (χ0n) is 17.5. The Balaban J connectivity index is 1.70. The maximum Gasteiger partial charge on any atom is 0.410 e. The molecular formula is C22H29N3O4. The molecule has 3 rings (SSSR count). The fourth-order valence-corrected chi connectivity index (χ4v) is 3.28. The number of carbonyl (C=O) groups excluding carboxylic acids is 1. The second-order valence-electron chi connectivity index (χ2n) is 8.12. The molecule has 1 aliphatic rings. The van der Waals surface area contributed by atoms with Gasteiger partial charge in [-0.1, -0.05) is 6.07 Å². The van der Waals surface area contributed by atoms with E-state index < -0.39 is 5.60 Å². The minimum absolute atomic E-state index is 0.0997. The topological polar surface area (TPSA) is 86.9 Å². The molecule has 0 radical (unpaired) electrons. The molecule has 7 heteroatoms. The van der Waals surface area contributed by atoms with Crippen molar-refractivity contribution in [3.8, 4) is 22.8 Å². The molecule has 0 bridgehead atoms. The largest absolute Gasteiger partial charge is 0.496 e. The van der Waals surface area contributed by atoms with Gasteiger partial charge in [-0.05, 0) is 57.9 Å². The molecule has 1 aromatic heterocycles. The Kier molecular flexibility index (Phi) is 6.15. The van der Waals surface area contributed by atoms with Gasteiger partial charge < -0.3 is 24.8 Å². The number of likely N-dealkylation sites (tertiary alicyclic amines) is 1. The van der Waals surface area contributed by atoms with E-state index in [-0.39, 0.29) is 12.2 Å². The number of ether oxygens (including phenoxy) is 3. The Bertz CT molecular complexity index is 863. The molecule has 1 aromatic carbocycles. The third-order valence-corrected chi connectivity index (χ3v) is 4.55. The number of methoxy groups -OCH3 is 1. The highest BCUT2D eigenvalue weighted by atomic mass is 16.6. The normalized spacial score (nSPS) is 17.0. The summed E-state index contributed by atoms with van der Waals surface area (Å²) in [6.07, 6.45) is 1.34. The van der Waals surface area contributed by atoms with Gasteiger partial charge in [0.2, 0.25) is 0 Å². The number of benzene rings is 1. The lowest BCUT2D eigenvalue weighted by Gasteiger charge is -2.34. The Morgan fingerprint density at radius 3 is 2.72 bits per heavy atom. The Morgan fingerprint density at radius 2 is 2.03 bits per heavy atom. The highest BCUT2D eigenvalue weighted by Crippen LogP contribution is 2.33. The van der Waals surface area contributed by atoms with Crippen molar-refractivity contribution in [1.82, 2.24) is 9.88 Å². The number of hydrogen-bond donors (Lipinski definition) is 1. The first kappa shape index (κ1) is 20.8. The molecule has 0 saturated carbocycles. The van der Waals surface area contributed by atoms with Crippen molar-refractivity contribution in [2.24, 2.45) is 0 Å². The summed E-state index contributed by atoms with van der Waals surface area (Å²) in [7, 11) is 1.61. The van der Waals surface area contributed by atoms with Gasteiger partial charge in [0, 0.05) is 18.2 Å². The van der Waals surface area contributed by atoms with E-state index >= 15 is 0 Å². The van der Waals surface area contributed by atoms with Gasteiger partial charge in [0.1, 0.15) is 29.0 Å². The third-order valence-electron chi connectivity index (χ3n) is 4.55. The number of hydrogen-bond acceptors (Lipinski definition) is 6. The fourth-order valence-electron chi connectivity index (χ4n) is 3.28. The summed E-state index contributed by atoms with van der Waals surface area (Å²) in [6, 6.07) is 11.1. The van der Waals surface area contributed by atoms with E-state index in [4.69, 9.17) is 19.9 Å². The molecule has 0 spiro atoms. The van der Waals surface area contributed by atoms with Crippen molar-refractivity contribution in [1.29, 1.82) is 0 Å². The number of pyridine rings is 1. The zero-order valence-corrected chi connectivity index (χ0v) is 17.5. The average molecular weight is 399 g/mol. The number of anilines is 1. The SMILES string of the molecule is COc1cc(OC2CCCN(C(=O)OC(C)(C)C)C2)ccc1-c1cccc(N)n1. The van der Waals surface area contributed by atoms with Crippen LogP contribution in [0.3, 0.4) is 0 Å². The van der Waals surface area contributed by atoms with Crippen LogP contribution in [0.1, 0.15) is 33.6 Å². The summed E-state index contributed by atoms with van der Waals surface area (Å²) >= 11 is 0. The van der Waals surface area contributed by atoms with Crippen LogP contribution in [0.5, 0.6) is 11.5 Å². The molecule has 1 fully saturated rings. The van der Waals surface area contributed by atoms with Crippen LogP contribution in [-0.4, -0.2) is 47.9 Å². The molecule has 2 N–H and O–H groups in total. The van der Waals surface area contributed by atoms with Gasteiger partial charge in [0.15, 0.2) is 0 Å². The van der Waals surface area contributed by atoms with E-state index in [1.165, 1.54) is 0 Å². The monoisotopic (exact) mass is 399 g/mol. The number of nitrogens with two attached hydrogens (primary N) is 1. The van der Waals surface area contributed by atoms with Gasteiger partial charge in [0.25, 0.3) is 0 Å². The zero-order chi connectivity index (χ0) is 21.0. The molecule has 156 valence electrons. The summed E-state index contributed by atoms with van der Waals surface area (Å²) in [4.78, 5) is 18.4. The lowest BCUT2D eigenvalue weighted by atomic mass is 10.1. The minimum Gasteiger partial charge on any atom is -0.496 e. The Morgan fingerprint density at radius 1 is 1.24 bits per heavy atom. The summed E-state index contributed by atoms with van der Waals surface area (Å²) < 4.78 is 17.2. The van der Waals surface area contributed by atoms with Crippen LogP contribution < -0.4 is 15.2 Å². The van der Waals surface area contributed by atoms with Crippen molar-refractivity contribution in [3.05, 3.63) is 36.4 Å². The summed E-state index contributed by atoms with van der Waals surface area (Å²) in [5, 5.41) is 0. The highest BCUT2D eigenvalue weighted by molar-refractivity contribution is 5.70. The number of rotatable bonds is 4. The average Bonchev–Trinajstić information content (AvgIpc) is 2.67. The molecule has 1 saturated heterocycles. The van der Waals surface area contributed by atoms with Crippen LogP contribution in [0.25, 0.3) is 11.3 Å². The molecular weight excluding hydrogens is 370 g/mol. The van der Waals surface area contributed by atoms with E-state index in [9.17, 15) is 4.79 Å². The van der Waals surface area contributed by atoms with Crippen LogP contribution in [0, 0.1) is 0 Å². The third kappa shape index (κ3) is 5.53. The standard InChI is InChI=1S/C22H29N3O4/c1-22(2,3)29-21(26)25-12-6-7-16(14-25)28-15-10-11-17(19(13-15)27-4)18-8-5-9-20(23)24-18/h5,8-11,13,16H,6-7,12,14H2,1-4H3,(H2,23,24). The Labute approximate surface area is 171 Å². The molecule has 1 amide bonds. The fraction of sp³-hybridized carbons (Fsp3) is 0.455. The molecule has 2 heterocycles. The Hall–Kier alpha value is -2.96. The van der Waals surface area contributed by atoms with E-state index in [0.29, 0.717) is 30.4 Å². The predicted molar refractivity (Wildman–Crippen MR) is 112 cm³/mol. The van der Waals surface area contributed by atoms with Gasteiger partial charge in [-0.2, -0.15) is 0 Å². The first-order chi connectivity index (χ1) is 13.7. The van der Waals surface area contributed by atoms with Gasteiger partial charge in [-0.25, -0.2) is 9.78 Å². The first-order valence-electron chi connectivity index (χ1n) is 9.81. The van der Waals surface area contributed by atoms with Crippen molar-refractivity contribution in [3.63, 3.8) is 0 Å². The summed E-state index contributed by atoms with van der Waals surface area (Å²) in [5.74, 6) is 1.79. The van der Waals surface area contributed by atoms with Crippen LogP contribution in [-0.2, 0) is 4.74 Å². The van der Waals surface area contributed by atoms with Crippen LogP contribution in [0.15, 0.2) is 36.4 Å². The van der Waals surface area contributed by atoms with Crippen LogP contribution in [0.4, 0.5) is 10.6 Å². The van der Waals surface area contributed by atoms with E-state index in [0.717, 1.165) is 24.1 Å². The van der Waals surface area contributed by atoms with Crippen LogP contribution >= 0.6 is 0 Å². The van der Waals surface area contributed by atoms with Crippen molar-refractivity contribution in [2.75, 3.05) is 25.9 Å². The second-order valence-corrected chi connectivity index (χ2v) is 8.12. The second kappa shape index (κ2) is 8.59. The van der Waals surface area contributed by atoms with E-state index in [1.807, 2.05) is 51.1 Å². The van der Waals surface area contributed by atoms with Crippen molar-refractivity contribution in [2.45, 2.75) is 45.3 Å². The van der Waals surface area contributed by atoms with Crippen LogP contribution in [0.2, 0.25) is 0 Å². The number of aromatic nitrogens is 1. The maximum atomic E-state index is 12.4. The minimum atomic E-state index is -0.511. The molecule has 29 heavy (non-hydrogen) atoms. The van der Waals surface area contributed by atoms with Crippen molar-refractivity contribution >= 4 is 11.9 Å². The summed E-state index contributed by atoms with van der Waals surface area (Å²) in [6.45, 7) is 6.78. The van der Waals surface area contributed by atoms with Gasteiger partial charge in [0.05, 0.1) is 19.3 Å². The number of piperidine rings is 1. The smallest absolute Gasteiger partial charge is 0.410 e. The molecule has 1 aliphatic heterocycles. The molecule has 7 nitrogen and oxygen atoms in total. The predicted octanol–water partition coefficient (Wildman–Crippen LogP) is 4.12. The van der Waals surface area contributed by atoms with Gasteiger partial charge in [-0.3, -0.25) is 0 Å². The van der Waals surface area contributed by atoms with E-state index in [2.05, 4.69) is 4.98 Å². The van der Waals surface area contributed by atoms with Gasteiger partial charge >= 0.3 is 6.09 Å². The lowest BCUT2D eigenvalue weighted by Crippen LogP contribution is -2.46. The first-order valence-corrected chi connectivity index (χ1v) is 9.81. The lowest BCUT2D eigenvalue weighted by molar-refractivity contribution is 0.00773. The quantitative estimate of drug-likeness (QED) is 0.832. The number of nitrogen functional groups attached to an aromatic ring is 1. The molecule has 1 unspecified atom stereocenters. The molecule has 1 atom stereocenters. The van der Waals surface area contributed by atoms with Gasteiger partial charge in [-0.15, -0.1) is 0 Å².